The van der Waals surface area contributed by atoms with Crippen molar-refractivity contribution in [3.05, 3.63) is 23.3 Å². The van der Waals surface area contributed by atoms with Crippen LogP contribution in [0.5, 0.6) is 5.75 Å². The minimum Gasteiger partial charge on any atom is -0.507 e. The Hall–Kier alpha value is -1.55. The van der Waals surface area contributed by atoms with E-state index >= 15 is 0 Å². The van der Waals surface area contributed by atoms with Crippen LogP contribution >= 0.6 is 0 Å². The number of nitrogens with one attached hydrogen (secondary N) is 2. The van der Waals surface area contributed by atoms with Gasteiger partial charge in [-0.15, -0.1) is 0 Å². The van der Waals surface area contributed by atoms with Crippen molar-refractivity contribution in [2.45, 2.75) is 26.8 Å². The lowest BCUT2D eigenvalue weighted by Crippen LogP contribution is -2.35. The molecule has 0 saturated heterocycles. The number of phenols is 1. The van der Waals surface area contributed by atoms with Gasteiger partial charge in [-0.05, 0) is 39.4 Å². The van der Waals surface area contributed by atoms with Crippen LogP contribution in [-0.2, 0) is 4.79 Å². The molecule has 1 unspecified atom stereocenters. The number of amides is 1. The number of rotatable bonds is 3. The lowest BCUT2D eigenvalue weighted by atomic mass is 10.1. The average molecular weight is 222 g/mol. The van der Waals surface area contributed by atoms with E-state index in [0.717, 1.165) is 5.56 Å². The average Bonchev–Trinajstić information content (AvgIpc) is 2.28. The normalized spacial score (nSPS) is 12.2. The number of benzene rings is 1. The lowest BCUT2D eigenvalue weighted by molar-refractivity contribution is -0.117. The number of anilines is 1. The summed E-state index contributed by atoms with van der Waals surface area (Å²) in [5.74, 6) is 0.115. The first-order valence-electron chi connectivity index (χ1n) is 5.24. The highest BCUT2D eigenvalue weighted by atomic mass is 16.3. The zero-order chi connectivity index (χ0) is 12.3. The third-order valence-corrected chi connectivity index (χ3v) is 2.72. The van der Waals surface area contributed by atoms with Crippen LogP contribution in [0.1, 0.15) is 18.1 Å². The third-order valence-electron chi connectivity index (χ3n) is 2.72. The van der Waals surface area contributed by atoms with E-state index in [0.29, 0.717) is 11.3 Å². The highest BCUT2D eigenvalue weighted by molar-refractivity contribution is 5.95. The van der Waals surface area contributed by atoms with Crippen LogP contribution in [0.25, 0.3) is 0 Å². The van der Waals surface area contributed by atoms with Crippen molar-refractivity contribution in [2.24, 2.45) is 0 Å². The Morgan fingerprint density at radius 3 is 2.56 bits per heavy atom. The molecular formula is C12H18N2O2. The number of aromatic hydroxyl groups is 1. The summed E-state index contributed by atoms with van der Waals surface area (Å²) < 4.78 is 0. The first-order chi connectivity index (χ1) is 7.47. The van der Waals surface area contributed by atoms with Crippen LogP contribution in [0, 0.1) is 13.8 Å². The summed E-state index contributed by atoms with van der Waals surface area (Å²) in [6, 6.07) is 3.31. The van der Waals surface area contributed by atoms with Crippen LogP contribution in [0.2, 0.25) is 0 Å². The molecule has 0 heterocycles. The summed E-state index contributed by atoms with van der Waals surface area (Å²) in [5.41, 5.74) is 2.14. The van der Waals surface area contributed by atoms with Gasteiger partial charge in [0.15, 0.2) is 0 Å². The van der Waals surface area contributed by atoms with Crippen molar-refractivity contribution in [1.82, 2.24) is 5.32 Å². The Balaban J connectivity index is 2.91. The molecule has 4 heteroatoms. The Morgan fingerprint density at radius 2 is 2.00 bits per heavy atom. The minimum atomic E-state index is -0.261. The SMILES string of the molecule is CNC(C)C(=O)Nc1ccc(C)c(O)c1C. The van der Waals surface area contributed by atoms with Crippen LogP contribution in [0.15, 0.2) is 12.1 Å². The van der Waals surface area contributed by atoms with Crippen LogP contribution < -0.4 is 10.6 Å². The van der Waals surface area contributed by atoms with Gasteiger partial charge in [-0.3, -0.25) is 4.79 Å². The van der Waals surface area contributed by atoms with Crippen molar-refractivity contribution >= 4 is 11.6 Å². The van der Waals surface area contributed by atoms with Gasteiger partial charge in [0, 0.05) is 11.3 Å². The van der Waals surface area contributed by atoms with E-state index in [4.69, 9.17) is 0 Å². The second kappa shape index (κ2) is 4.99. The molecule has 0 aliphatic rings. The van der Waals surface area contributed by atoms with Crippen molar-refractivity contribution in [3.63, 3.8) is 0 Å². The topological polar surface area (TPSA) is 61.4 Å². The number of hydrogen-bond donors (Lipinski definition) is 3. The third kappa shape index (κ3) is 2.52. The summed E-state index contributed by atoms with van der Waals surface area (Å²) in [5, 5.41) is 15.4. The first-order valence-corrected chi connectivity index (χ1v) is 5.24. The van der Waals surface area contributed by atoms with E-state index in [2.05, 4.69) is 10.6 Å². The predicted octanol–water partition coefficient (Wildman–Crippen LogP) is 1.56. The predicted molar refractivity (Wildman–Crippen MR) is 64.7 cm³/mol. The number of phenolic OH excluding ortho intramolecular Hbond substituents is 1. The second-order valence-electron chi connectivity index (χ2n) is 3.90. The molecule has 0 aliphatic heterocycles. The van der Waals surface area contributed by atoms with Gasteiger partial charge in [0.25, 0.3) is 0 Å². The molecule has 0 radical (unpaired) electrons. The molecular weight excluding hydrogens is 204 g/mol. The molecule has 0 fully saturated rings. The zero-order valence-electron chi connectivity index (χ0n) is 10.1. The van der Waals surface area contributed by atoms with Crippen molar-refractivity contribution in [2.75, 3.05) is 12.4 Å². The summed E-state index contributed by atoms with van der Waals surface area (Å²) in [4.78, 5) is 11.6. The maximum Gasteiger partial charge on any atom is 0.241 e. The Morgan fingerprint density at radius 1 is 1.38 bits per heavy atom. The molecule has 88 valence electrons. The molecule has 3 N–H and O–H groups in total. The summed E-state index contributed by atoms with van der Waals surface area (Å²) in [7, 11) is 1.73. The smallest absolute Gasteiger partial charge is 0.241 e. The van der Waals surface area contributed by atoms with E-state index in [9.17, 15) is 9.90 Å². The van der Waals surface area contributed by atoms with E-state index in [1.807, 2.05) is 6.92 Å². The van der Waals surface area contributed by atoms with E-state index < -0.39 is 0 Å². The number of likely N-dealkylation sites (N-methyl/N-ethyl adjacent to an activating group) is 1. The summed E-state index contributed by atoms with van der Waals surface area (Å²) >= 11 is 0. The minimum absolute atomic E-state index is 0.117. The Kier molecular flexibility index (Phi) is 3.90. The second-order valence-corrected chi connectivity index (χ2v) is 3.90. The maximum atomic E-state index is 11.6. The van der Waals surface area contributed by atoms with Gasteiger partial charge < -0.3 is 15.7 Å². The maximum absolute atomic E-state index is 11.6. The van der Waals surface area contributed by atoms with Gasteiger partial charge in [0.1, 0.15) is 5.75 Å². The molecule has 1 aromatic carbocycles. The molecule has 1 amide bonds. The number of carbonyl (C=O) groups excluding carboxylic acids is 1. The lowest BCUT2D eigenvalue weighted by Gasteiger charge is -2.14. The zero-order valence-corrected chi connectivity index (χ0v) is 10.1. The molecule has 16 heavy (non-hydrogen) atoms. The van der Waals surface area contributed by atoms with Gasteiger partial charge in [-0.1, -0.05) is 6.07 Å². The molecule has 4 nitrogen and oxygen atoms in total. The first kappa shape index (κ1) is 12.5. The highest BCUT2D eigenvalue weighted by Gasteiger charge is 2.13. The number of hydrogen-bond acceptors (Lipinski definition) is 3. The summed E-state index contributed by atoms with van der Waals surface area (Å²) in [6.45, 7) is 5.38. The molecule has 0 spiro atoms. The molecule has 0 aliphatic carbocycles. The molecule has 1 rings (SSSR count). The van der Waals surface area contributed by atoms with Gasteiger partial charge in [0.05, 0.1) is 6.04 Å². The summed E-state index contributed by atoms with van der Waals surface area (Å²) in [6.07, 6.45) is 0. The molecule has 0 bridgehead atoms. The van der Waals surface area contributed by atoms with E-state index in [-0.39, 0.29) is 17.7 Å². The Bertz CT molecular complexity index is 402. The highest BCUT2D eigenvalue weighted by Crippen LogP contribution is 2.27. The van der Waals surface area contributed by atoms with Gasteiger partial charge in [0.2, 0.25) is 5.91 Å². The fourth-order valence-electron chi connectivity index (χ4n) is 1.34. The van der Waals surface area contributed by atoms with E-state index in [1.54, 1.807) is 33.0 Å². The molecule has 1 aromatic rings. The van der Waals surface area contributed by atoms with Crippen molar-refractivity contribution in [1.29, 1.82) is 0 Å². The van der Waals surface area contributed by atoms with Crippen molar-refractivity contribution in [3.8, 4) is 5.75 Å². The fourth-order valence-corrected chi connectivity index (χ4v) is 1.34. The number of aryl methyl sites for hydroxylation is 1. The monoisotopic (exact) mass is 222 g/mol. The Labute approximate surface area is 95.7 Å². The molecule has 1 atom stereocenters. The van der Waals surface area contributed by atoms with E-state index in [1.165, 1.54) is 0 Å². The quantitative estimate of drug-likeness (QED) is 0.727. The van der Waals surface area contributed by atoms with Crippen LogP contribution in [0.4, 0.5) is 5.69 Å². The molecule has 0 saturated carbocycles. The largest absolute Gasteiger partial charge is 0.507 e. The van der Waals surface area contributed by atoms with Crippen LogP contribution in [-0.4, -0.2) is 24.1 Å². The van der Waals surface area contributed by atoms with Gasteiger partial charge in [-0.25, -0.2) is 0 Å². The van der Waals surface area contributed by atoms with Crippen LogP contribution in [0.3, 0.4) is 0 Å². The molecule has 0 aromatic heterocycles. The van der Waals surface area contributed by atoms with Crippen molar-refractivity contribution < 1.29 is 9.90 Å². The van der Waals surface area contributed by atoms with Gasteiger partial charge in [-0.2, -0.15) is 0 Å². The fraction of sp³-hybridized carbons (Fsp3) is 0.417. The van der Waals surface area contributed by atoms with Gasteiger partial charge >= 0.3 is 0 Å². The number of carbonyl (C=O) groups is 1. The standard InChI is InChI=1S/C12H18N2O2/c1-7-5-6-10(8(2)11(7)15)14-12(16)9(3)13-4/h5-6,9,13,15H,1-4H3,(H,14,16).